The highest BCUT2D eigenvalue weighted by molar-refractivity contribution is 6.63. The van der Waals surface area contributed by atoms with Crippen molar-refractivity contribution < 1.29 is 33.1 Å². The molecule has 1 aliphatic heterocycles. The maximum absolute atomic E-state index is 12.1. The van der Waals surface area contributed by atoms with E-state index in [0.717, 1.165) is 6.29 Å². The number of aromatic nitrogens is 1. The molecule has 0 N–H and O–H groups in total. The van der Waals surface area contributed by atoms with Crippen molar-refractivity contribution in [2.24, 2.45) is 0 Å². The van der Waals surface area contributed by atoms with Gasteiger partial charge in [0.2, 0.25) is 11.8 Å². The van der Waals surface area contributed by atoms with Gasteiger partial charge in [-0.15, -0.1) is 0 Å². The van der Waals surface area contributed by atoms with Crippen LogP contribution in [-0.4, -0.2) is 48.8 Å². The first-order chi connectivity index (χ1) is 15.1. The van der Waals surface area contributed by atoms with Gasteiger partial charge in [0.1, 0.15) is 17.6 Å². The molecule has 32 heavy (non-hydrogen) atoms. The number of pyridine rings is 1. The Morgan fingerprint density at radius 3 is 2.34 bits per heavy atom. The summed E-state index contributed by atoms with van der Waals surface area (Å²) in [6, 6.07) is 8.10. The van der Waals surface area contributed by atoms with Gasteiger partial charge >= 0.3 is 13.1 Å². The van der Waals surface area contributed by atoms with Crippen LogP contribution in [0.5, 0.6) is 17.5 Å². The van der Waals surface area contributed by atoms with Crippen molar-refractivity contribution in [2.45, 2.75) is 52.7 Å². The van der Waals surface area contributed by atoms with Crippen molar-refractivity contribution in [3.63, 3.8) is 0 Å². The summed E-state index contributed by atoms with van der Waals surface area (Å²) in [7, 11) is -0.666. The Kier molecular flexibility index (Phi) is 6.90. The van der Waals surface area contributed by atoms with Crippen LogP contribution < -0.4 is 14.9 Å². The van der Waals surface area contributed by atoms with Gasteiger partial charge in [-0.2, -0.15) is 4.98 Å². The van der Waals surface area contributed by atoms with Crippen LogP contribution >= 0.6 is 0 Å². The summed E-state index contributed by atoms with van der Waals surface area (Å²) >= 11 is 0. The Labute approximate surface area is 188 Å². The highest BCUT2D eigenvalue weighted by atomic mass is 16.7. The average molecular weight is 441 g/mol. The van der Waals surface area contributed by atoms with Crippen LogP contribution in [0, 0.1) is 0 Å². The largest absolute Gasteiger partial charge is 0.495 e. The number of hydrogen-bond donors (Lipinski definition) is 0. The lowest BCUT2D eigenvalue weighted by Crippen LogP contribution is -2.41. The molecule has 3 rings (SSSR count). The third kappa shape index (κ3) is 4.79. The van der Waals surface area contributed by atoms with Gasteiger partial charge in [0, 0.05) is 11.6 Å². The minimum Gasteiger partial charge on any atom is -0.477 e. The molecule has 0 bridgehead atoms. The summed E-state index contributed by atoms with van der Waals surface area (Å²) in [4.78, 5) is 28.2. The molecule has 2 aromatic rings. The highest BCUT2D eigenvalue weighted by Crippen LogP contribution is 2.37. The number of ether oxygens (including phenoxy) is 3. The van der Waals surface area contributed by atoms with Crippen LogP contribution in [0.1, 0.15) is 62.3 Å². The summed E-state index contributed by atoms with van der Waals surface area (Å²) in [6.07, 6.45) is 0.732. The second-order valence-electron chi connectivity index (χ2n) is 8.25. The molecule has 0 unspecified atom stereocenters. The van der Waals surface area contributed by atoms with E-state index in [1.807, 2.05) is 27.7 Å². The van der Waals surface area contributed by atoms with Crippen LogP contribution in [0.3, 0.4) is 0 Å². The summed E-state index contributed by atoms with van der Waals surface area (Å²) in [6.45, 7) is 11.9. The lowest BCUT2D eigenvalue weighted by atomic mass is 9.76. The van der Waals surface area contributed by atoms with Crippen LogP contribution in [0.15, 0.2) is 30.3 Å². The maximum Gasteiger partial charge on any atom is 0.495 e. The number of hydrogen-bond acceptors (Lipinski definition) is 8. The van der Waals surface area contributed by atoms with Gasteiger partial charge in [-0.1, -0.05) is 6.07 Å². The van der Waals surface area contributed by atoms with Gasteiger partial charge in [0.25, 0.3) is 0 Å². The number of nitrogens with zero attached hydrogens (tertiary/aromatic N) is 1. The first-order valence-electron chi connectivity index (χ1n) is 10.6. The minimum absolute atomic E-state index is 0.118. The Hall–Kier alpha value is -2.91. The molecule has 0 atom stereocenters. The molecular weight excluding hydrogens is 413 g/mol. The summed E-state index contributed by atoms with van der Waals surface area (Å²) in [5.74, 6) is 0.200. The number of rotatable bonds is 8. The smallest absolute Gasteiger partial charge is 0.477 e. The Bertz CT molecular complexity index is 990. The first-order valence-corrected chi connectivity index (χ1v) is 10.6. The standard InChI is InChI=1S/C23H28BNO7/c1-7-28-20-17(21(27)29-8-2)10-12-19(25-20)30-16-9-11-18(15(13-16)14-26)24-31-22(3,4)23(5,6)32-24/h9-14H,7-8H2,1-6H3. The average Bonchev–Trinajstić information content (AvgIpc) is 2.95. The zero-order valence-electron chi connectivity index (χ0n) is 19.3. The van der Waals surface area contributed by atoms with Crippen molar-refractivity contribution in [3.8, 4) is 17.5 Å². The topological polar surface area (TPSA) is 93.2 Å². The lowest BCUT2D eigenvalue weighted by Gasteiger charge is -2.32. The summed E-state index contributed by atoms with van der Waals surface area (Å²) in [5.41, 5.74) is 0.173. The summed E-state index contributed by atoms with van der Waals surface area (Å²) < 4.78 is 28.4. The molecule has 8 nitrogen and oxygen atoms in total. The van der Waals surface area contributed by atoms with Gasteiger partial charge in [-0.05, 0) is 65.2 Å². The normalized spacial score (nSPS) is 16.5. The molecule has 0 saturated carbocycles. The van der Waals surface area contributed by atoms with E-state index < -0.39 is 24.3 Å². The molecular formula is C23H28BNO7. The zero-order chi connectivity index (χ0) is 23.5. The van der Waals surface area contributed by atoms with E-state index in [1.165, 1.54) is 12.1 Å². The molecule has 170 valence electrons. The SMILES string of the molecule is CCOC(=O)c1ccc(Oc2ccc(B3OC(C)(C)C(C)(C)O3)c(C=O)c2)nc1OCC. The van der Waals surface area contributed by atoms with E-state index in [4.69, 9.17) is 23.5 Å². The van der Waals surface area contributed by atoms with E-state index in [2.05, 4.69) is 4.98 Å². The van der Waals surface area contributed by atoms with E-state index >= 15 is 0 Å². The van der Waals surface area contributed by atoms with Crippen molar-refractivity contribution in [3.05, 3.63) is 41.5 Å². The molecule has 0 amide bonds. The predicted octanol–water partition coefficient (Wildman–Crippen LogP) is 3.56. The second kappa shape index (κ2) is 9.30. The Morgan fingerprint density at radius 1 is 1.06 bits per heavy atom. The fraction of sp³-hybridized carbons (Fsp3) is 0.435. The van der Waals surface area contributed by atoms with Crippen LogP contribution in [0.25, 0.3) is 0 Å². The molecule has 1 aromatic carbocycles. The number of aldehydes is 1. The van der Waals surface area contributed by atoms with Gasteiger partial charge in [-0.25, -0.2) is 4.79 Å². The van der Waals surface area contributed by atoms with Gasteiger partial charge in [-0.3, -0.25) is 4.79 Å². The number of esters is 1. The third-order valence-corrected chi connectivity index (χ3v) is 5.53. The quantitative estimate of drug-likeness (QED) is 0.349. The van der Waals surface area contributed by atoms with Crippen molar-refractivity contribution in [1.82, 2.24) is 4.98 Å². The number of benzene rings is 1. The molecule has 1 aromatic heterocycles. The fourth-order valence-corrected chi connectivity index (χ4v) is 3.12. The van der Waals surface area contributed by atoms with E-state index in [9.17, 15) is 9.59 Å². The molecule has 0 aliphatic carbocycles. The monoisotopic (exact) mass is 441 g/mol. The minimum atomic E-state index is -0.666. The molecule has 0 radical (unpaired) electrons. The molecule has 1 saturated heterocycles. The van der Waals surface area contributed by atoms with Gasteiger partial charge < -0.3 is 23.5 Å². The second-order valence-corrected chi connectivity index (χ2v) is 8.25. The third-order valence-electron chi connectivity index (χ3n) is 5.53. The maximum atomic E-state index is 12.1. The lowest BCUT2D eigenvalue weighted by molar-refractivity contribution is 0.00578. The number of carbonyl (C=O) groups is 2. The van der Waals surface area contributed by atoms with Crippen LogP contribution in [0.2, 0.25) is 0 Å². The molecule has 1 fully saturated rings. The van der Waals surface area contributed by atoms with E-state index in [0.29, 0.717) is 23.4 Å². The predicted molar refractivity (Wildman–Crippen MR) is 119 cm³/mol. The fourth-order valence-electron chi connectivity index (χ4n) is 3.12. The zero-order valence-corrected chi connectivity index (χ0v) is 19.3. The first kappa shape index (κ1) is 23.8. The van der Waals surface area contributed by atoms with Gasteiger partial charge in [0.05, 0.1) is 24.4 Å². The van der Waals surface area contributed by atoms with Gasteiger partial charge in [0.15, 0.2) is 0 Å². The van der Waals surface area contributed by atoms with Crippen molar-refractivity contribution in [1.29, 1.82) is 0 Å². The Balaban J connectivity index is 1.85. The molecule has 9 heteroatoms. The van der Waals surface area contributed by atoms with E-state index in [1.54, 1.807) is 32.0 Å². The molecule has 2 heterocycles. The van der Waals surface area contributed by atoms with Crippen LogP contribution in [0.4, 0.5) is 0 Å². The highest BCUT2D eigenvalue weighted by Gasteiger charge is 2.52. The van der Waals surface area contributed by atoms with Crippen molar-refractivity contribution in [2.75, 3.05) is 13.2 Å². The summed E-state index contributed by atoms with van der Waals surface area (Å²) in [5, 5.41) is 0. The van der Waals surface area contributed by atoms with Crippen molar-refractivity contribution >= 4 is 24.8 Å². The molecule has 1 aliphatic rings. The molecule has 0 spiro atoms. The Morgan fingerprint density at radius 2 is 1.75 bits per heavy atom. The number of carbonyl (C=O) groups excluding carboxylic acids is 2. The van der Waals surface area contributed by atoms with E-state index in [-0.39, 0.29) is 23.9 Å². The van der Waals surface area contributed by atoms with Crippen LogP contribution in [-0.2, 0) is 14.0 Å².